The van der Waals surface area contributed by atoms with E-state index in [-0.39, 0.29) is 19.3 Å². The molecule has 8 nitrogen and oxygen atoms in total. The van der Waals surface area contributed by atoms with Crippen LogP contribution in [0.3, 0.4) is 0 Å². The zero-order chi connectivity index (χ0) is 20.5. The third-order valence-electron chi connectivity index (χ3n) is 3.89. The number of benzene rings is 1. The number of ether oxygens (including phenoxy) is 1. The van der Waals surface area contributed by atoms with Gasteiger partial charge in [0.05, 0.1) is 11.6 Å². The number of carboxylic acid groups (broad SMARTS) is 1. The van der Waals surface area contributed by atoms with E-state index in [1.807, 2.05) is 37.3 Å². The monoisotopic (exact) mass is 385 g/mol. The molecule has 0 bridgehead atoms. The fraction of sp³-hybridized carbons (Fsp3) is 0.300. The van der Waals surface area contributed by atoms with Gasteiger partial charge in [0.15, 0.2) is 12.4 Å². The average molecular weight is 385 g/mol. The number of nitrogens with zero attached hydrogens (tertiary/aromatic N) is 3. The van der Waals surface area contributed by atoms with Gasteiger partial charge in [-0.2, -0.15) is 4.57 Å². The number of carbonyl (C=O) groups excluding carboxylic acids is 1. The van der Waals surface area contributed by atoms with Crippen molar-refractivity contribution in [1.29, 1.82) is 0 Å². The van der Waals surface area contributed by atoms with Crippen LogP contribution in [0.4, 0.5) is 0 Å². The molecule has 8 heteroatoms. The number of rotatable bonds is 8. The van der Waals surface area contributed by atoms with Crippen LogP contribution in [0.25, 0.3) is 0 Å². The van der Waals surface area contributed by atoms with Gasteiger partial charge in [0.25, 0.3) is 5.91 Å². The molecule has 0 radical (unpaired) electrons. The number of carboxylic acids is 1. The molecule has 1 N–H and O–H groups in total. The van der Waals surface area contributed by atoms with Crippen LogP contribution in [-0.4, -0.2) is 47.6 Å². The number of amides is 1. The summed E-state index contributed by atoms with van der Waals surface area (Å²) in [5.41, 5.74) is 1.43. The third-order valence-corrected chi connectivity index (χ3v) is 3.89. The molecule has 1 aromatic carbocycles. The minimum absolute atomic E-state index is 0.0418. The topological polar surface area (TPSA) is 106 Å². The summed E-state index contributed by atoms with van der Waals surface area (Å²) in [4.78, 5) is 27.9. The molecule has 1 amide bonds. The lowest BCUT2D eigenvalue weighted by Gasteiger charge is -2.15. The summed E-state index contributed by atoms with van der Waals surface area (Å²) in [6.07, 6.45) is 3.13. The second kappa shape index (κ2) is 10.1. The SMILES string of the molecule is CC(Cc1ccccc1)N=C([O-])OC[n+]1ccc(C(=O)N(C)CC(=O)O)cc1. The van der Waals surface area contributed by atoms with Crippen molar-refractivity contribution in [1.82, 2.24) is 4.90 Å². The summed E-state index contributed by atoms with van der Waals surface area (Å²) in [6.45, 7) is 1.42. The number of aromatic nitrogens is 1. The fourth-order valence-electron chi connectivity index (χ4n) is 2.53. The maximum atomic E-state index is 12.1. The van der Waals surface area contributed by atoms with Crippen LogP contribution < -0.4 is 9.67 Å². The second-order valence-electron chi connectivity index (χ2n) is 6.36. The van der Waals surface area contributed by atoms with Gasteiger partial charge in [-0.25, -0.2) is 0 Å². The van der Waals surface area contributed by atoms with E-state index in [9.17, 15) is 14.7 Å². The molecule has 2 rings (SSSR count). The summed E-state index contributed by atoms with van der Waals surface area (Å²) in [7, 11) is 1.41. The first-order valence-corrected chi connectivity index (χ1v) is 8.73. The number of pyridine rings is 1. The van der Waals surface area contributed by atoms with E-state index in [1.54, 1.807) is 17.0 Å². The van der Waals surface area contributed by atoms with Crippen LogP contribution >= 0.6 is 0 Å². The van der Waals surface area contributed by atoms with Crippen molar-refractivity contribution in [2.24, 2.45) is 4.99 Å². The number of hydrogen-bond acceptors (Lipinski definition) is 5. The lowest BCUT2D eigenvalue weighted by molar-refractivity contribution is -0.728. The summed E-state index contributed by atoms with van der Waals surface area (Å²) in [6, 6.07) is 12.6. The zero-order valence-electron chi connectivity index (χ0n) is 15.8. The van der Waals surface area contributed by atoms with Gasteiger partial charge in [-0.1, -0.05) is 30.3 Å². The number of aliphatic carboxylic acids is 1. The van der Waals surface area contributed by atoms with Gasteiger partial charge >= 0.3 is 5.97 Å². The fourth-order valence-corrected chi connectivity index (χ4v) is 2.53. The van der Waals surface area contributed by atoms with E-state index < -0.39 is 18.0 Å². The minimum atomic E-state index is -1.08. The van der Waals surface area contributed by atoms with Crippen LogP contribution in [0.15, 0.2) is 59.9 Å². The molecule has 2 aromatic rings. The van der Waals surface area contributed by atoms with E-state index in [4.69, 9.17) is 9.84 Å². The Kier molecular flexibility index (Phi) is 7.50. The molecule has 1 unspecified atom stereocenters. The van der Waals surface area contributed by atoms with Gasteiger partial charge in [-0.05, 0) is 18.9 Å². The molecule has 0 spiro atoms. The smallest absolute Gasteiger partial charge is 0.323 e. The average Bonchev–Trinajstić information content (AvgIpc) is 2.66. The summed E-state index contributed by atoms with van der Waals surface area (Å²) >= 11 is 0. The molecule has 0 aliphatic carbocycles. The highest BCUT2D eigenvalue weighted by Gasteiger charge is 2.15. The van der Waals surface area contributed by atoms with Crippen LogP contribution in [-0.2, 0) is 22.7 Å². The first kappa shape index (κ1) is 20.9. The second-order valence-corrected chi connectivity index (χ2v) is 6.36. The number of likely N-dealkylation sites (N-methyl/N-ethyl adjacent to an activating group) is 1. The molecule has 0 aliphatic rings. The minimum Gasteiger partial charge on any atom is -0.546 e. The third kappa shape index (κ3) is 6.71. The molecule has 0 aliphatic heterocycles. The van der Waals surface area contributed by atoms with Crippen molar-refractivity contribution in [2.75, 3.05) is 13.6 Å². The first-order chi connectivity index (χ1) is 13.3. The standard InChI is InChI=1S/C20H23N3O5/c1-15(12-16-6-4-3-5-7-16)21-20(27)28-14-23-10-8-17(9-11-23)19(26)22(2)13-18(24)25/h3-11,15H,12-14H2,1-2H3,(H-,21,24,25,27). The summed E-state index contributed by atoms with van der Waals surface area (Å²) < 4.78 is 6.69. The Morgan fingerprint density at radius 2 is 1.86 bits per heavy atom. The van der Waals surface area contributed by atoms with E-state index >= 15 is 0 Å². The number of carbonyl (C=O) groups is 2. The molecule has 0 fully saturated rings. The van der Waals surface area contributed by atoms with Gasteiger partial charge in [-0.3, -0.25) is 14.6 Å². The molecule has 1 heterocycles. The van der Waals surface area contributed by atoms with E-state index in [1.165, 1.54) is 19.2 Å². The molecule has 1 aromatic heterocycles. The highest BCUT2D eigenvalue weighted by molar-refractivity contribution is 5.95. The molecular weight excluding hydrogens is 362 g/mol. The Morgan fingerprint density at radius 3 is 2.46 bits per heavy atom. The maximum absolute atomic E-state index is 12.1. The van der Waals surface area contributed by atoms with E-state index in [0.717, 1.165) is 10.5 Å². The molecule has 0 saturated heterocycles. The number of aliphatic imine (C=N–C) groups is 1. The molecule has 28 heavy (non-hydrogen) atoms. The van der Waals surface area contributed by atoms with Gasteiger partial charge in [0.2, 0.25) is 6.73 Å². The van der Waals surface area contributed by atoms with Crippen molar-refractivity contribution < 1.29 is 29.1 Å². The van der Waals surface area contributed by atoms with Crippen LogP contribution in [0.1, 0.15) is 22.8 Å². The van der Waals surface area contributed by atoms with E-state index in [2.05, 4.69) is 4.99 Å². The van der Waals surface area contributed by atoms with Crippen LogP contribution in [0.5, 0.6) is 0 Å². The van der Waals surface area contributed by atoms with Crippen molar-refractivity contribution in [3.63, 3.8) is 0 Å². The van der Waals surface area contributed by atoms with Gasteiger partial charge in [0.1, 0.15) is 12.6 Å². The first-order valence-electron chi connectivity index (χ1n) is 8.73. The van der Waals surface area contributed by atoms with E-state index in [0.29, 0.717) is 12.0 Å². The Labute approximate surface area is 163 Å². The zero-order valence-corrected chi connectivity index (χ0v) is 15.8. The normalized spacial score (nSPS) is 12.3. The highest BCUT2D eigenvalue weighted by atomic mass is 16.6. The Bertz CT molecular complexity index is 821. The molecule has 148 valence electrons. The van der Waals surface area contributed by atoms with Crippen molar-refractivity contribution in [3.8, 4) is 0 Å². The summed E-state index contributed by atoms with van der Waals surface area (Å²) in [5, 5.41) is 20.6. The van der Waals surface area contributed by atoms with Crippen molar-refractivity contribution in [2.45, 2.75) is 26.1 Å². The Morgan fingerprint density at radius 1 is 1.21 bits per heavy atom. The quantitative estimate of drug-likeness (QED) is 0.403. The van der Waals surface area contributed by atoms with Crippen molar-refractivity contribution >= 4 is 18.0 Å². The van der Waals surface area contributed by atoms with Crippen molar-refractivity contribution in [3.05, 3.63) is 66.0 Å². The van der Waals surface area contributed by atoms with Gasteiger partial charge in [0, 0.05) is 19.2 Å². The largest absolute Gasteiger partial charge is 0.546 e. The number of hydrogen-bond donors (Lipinski definition) is 1. The van der Waals surface area contributed by atoms with Gasteiger partial charge in [-0.15, -0.1) is 0 Å². The predicted molar refractivity (Wildman–Crippen MR) is 99.4 cm³/mol. The van der Waals surface area contributed by atoms with Crippen LogP contribution in [0, 0.1) is 0 Å². The Hall–Kier alpha value is -3.42. The lowest BCUT2D eigenvalue weighted by Crippen LogP contribution is -2.39. The predicted octanol–water partition coefficient (Wildman–Crippen LogP) is 0.452. The highest BCUT2D eigenvalue weighted by Crippen LogP contribution is 2.05. The Balaban J connectivity index is 1.86. The molecule has 0 saturated carbocycles. The molecular formula is C20H23N3O5. The maximum Gasteiger partial charge on any atom is 0.323 e. The summed E-state index contributed by atoms with van der Waals surface area (Å²) in [5.74, 6) is -1.49. The van der Waals surface area contributed by atoms with Gasteiger partial charge < -0.3 is 19.8 Å². The molecule has 1 atom stereocenters. The lowest BCUT2D eigenvalue weighted by atomic mass is 10.1. The van der Waals surface area contributed by atoms with Crippen LogP contribution in [0.2, 0.25) is 0 Å².